The molecule has 58 heavy (non-hydrogen) atoms. The average Bonchev–Trinajstić information content (AvgIpc) is 3.76. The maximum atomic E-state index is 15.7. The van der Waals surface area contributed by atoms with Gasteiger partial charge in [0, 0.05) is 86.8 Å². The number of hydrogen-bond donors (Lipinski definition) is 2. The van der Waals surface area contributed by atoms with E-state index in [2.05, 4.69) is 39.8 Å². The summed E-state index contributed by atoms with van der Waals surface area (Å²) in [5.41, 5.74) is 1.23. The number of piperidine rings is 1. The van der Waals surface area contributed by atoms with Crippen LogP contribution in [0.4, 0.5) is 20.3 Å². The quantitative estimate of drug-likeness (QED) is 0.194. The van der Waals surface area contributed by atoms with Crippen molar-refractivity contribution in [2.45, 2.75) is 26.3 Å². The number of halogens is 3. The third-order valence-corrected chi connectivity index (χ3v) is 11.2. The van der Waals surface area contributed by atoms with Crippen molar-refractivity contribution in [2.75, 3.05) is 64.0 Å². The summed E-state index contributed by atoms with van der Waals surface area (Å²) in [5.74, 6) is -3.11. The topological polar surface area (TPSA) is 147 Å². The summed E-state index contributed by atoms with van der Waals surface area (Å²) in [7, 11) is 5.87. The summed E-state index contributed by atoms with van der Waals surface area (Å²) < 4.78 is 35.0. The Morgan fingerprint density at radius 2 is 1.57 bits per heavy atom. The number of quaternary nitrogens is 1. The molecule has 0 bridgehead atoms. The first kappa shape index (κ1) is 40.2. The summed E-state index contributed by atoms with van der Waals surface area (Å²) in [5, 5.41) is 9.81. The van der Waals surface area contributed by atoms with Gasteiger partial charge < -0.3 is 29.5 Å². The smallest absolute Gasteiger partial charge is 0.291 e. The Labute approximate surface area is 339 Å². The fraction of sp³-hybridized carbons (Fsp3) is 0.341. The average molecular weight is 814 g/mol. The number of piperazine rings is 1. The van der Waals surface area contributed by atoms with Crippen LogP contribution in [0.1, 0.15) is 39.5 Å². The van der Waals surface area contributed by atoms with Crippen LogP contribution in [0, 0.1) is 24.5 Å². The lowest BCUT2D eigenvalue weighted by atomic mass is 9.94. The molecule has 0 unspecified atom stereocenters. The third-order valence-electron chi connectivity index (χ3n) is 10.9. The molecule has 5 heterocycles. The maximum Gasteiger partial charge on any atom is 0.291 e. The molecule has 0 saturated carbocycles. The highest BCUT2D eigenvalue weighted by molar-refractivity contribution is 6.34. The SMILES string of the molecule is Cc1nn(CC(=O)Nc2ccccn2)cc1-c1ccc(-c2cnc(C(=O)Nc3ccc(C(=O)N4CCN(C(=O)C5CC[N+](C)(C)CC5)CC4)c(Cl)c3)n2C)c(F)c1F. The largest absolute Gasteiger partial charge is 0.339 e. The molecule has 3 aromatic heterocycles. The number of amides is 4. The summed E-state index contributed by atoms with van der Waals surface area (Å²) in [6.45, 7) is 5.09. The first-order valence-corrected chi connectivity index (χ1v) is 19.3. The van der Waals surface area contributed by atoms with Crippen molar-refractivity contribution in [2.24, 2.45) is 13.0 Å². The van der Waals surface area contributed by atoms with Crippen molar-refractivity contribution in [1.82, 2.24) is 34.1 Å². The van der Waals surface area contributed by atoms with Gasteiger partial charge in [-0.3, -0.25) is 23.9 Å². The first-order chi connectivity index (χ1) is 27.7. The molecule has 17 heteroatoms. The van der Waals surface area contributed by atoms with E-state index < -0.39 is 23.4 Å². The predicted octanol–water partition coefficient (Wildman–Crippen LogP) is 5.25. The first-order valence-electron chi connectivity index (χ1n) is 19.0. The molecular formula is C41H44ClF2N10O4+. The molecule has 2 N–H and O–H groups in total. The fourth-order valence-corrected chi connectivity index (χ4v) is 7.74. The molecule has 0 spiro atoms. The summed E-state index contributed by atoms with van der Waals surface area (Å²) >= 11 is 6.56. The normalized spacial score (nSPS) is 15.6. The zero-order chi connectivity index (χ0) is 41.3. The number of carbonyl (C=O) groups is 4. The van der Waals surface area contributed by atoms with Crippen molar-refractivity contribution >= 4 is 46.7 Å². The van der Waals surface area contributed by atoms with Gasteiger partial charge in [0.2, 0.25) is 11.8 Å². The number of rotatable bonds is 9. The number of nitrogens with zero attached hydrogens (tertiary/aromatic N) is 8. The second-order valence-corrected chi connectivity index (χ2v) is 15.7. The lowest BCUT2D eigenvalue weighted by Crippen LogP contribution is -2.54. The van der Waals surface area contributed by atoms with Gasteiger partial charge >= 0.3 is 0 Å². The number of imidazole rings is 1. The van der Waals surface area contributed by atoms with Crippen LogP contribution in [-0.2, 0) is 23.2 Å². The number of benzene rings is 2. The van der Waals surface area contributed by atoms with Crippen molar-refractivity contribution in [3.05, 3.63) is 101 Å². The highest BCUT2D eigenvalue weighted by Gasteiger charge is 2.35. The fourth-order valence-electron chi connectivity index (χ4n) is 7.48. The second kappa shape index (κ2) is 16.5. The molecule has 2 fully saturated rings. The van der Waals surface area contributed by atoms with Crippen LogP contribution in [-0.4, -0.2) is 116 Å². The molecule has 14 nitrogen and oxygen atoms in total. The number of nitrogens with one attached hydrogen (secondary N) is 2. The molecule has 2 aliphatic heterocycles. The molecule has 2 saturated heterocycles. The molecule has 2 aliphatic rings. The van der Waals surface area contributed by atoms with Crippen molar-refractivity contribution in [3.8, 4) is 22.4 Å². The Bertz CT molecular complexity index is 2380. The van der Waals surface area contributed by atoms with Gasteiger partial charge in [0.25, 0.3) is 11.8 Å². The number of aryl methyl sites for hydroxylation is 1. The Morgan fingerprint density at radius 3 is 2.26 bits per heavy atom. The van der Waals surface area contributed by atoms with Crippen molar-refractivity contribution < 1.29 is 32.4 Å². The van der Waals surface area contributed by atoms with E-state index in [1.807, 2.05) is 4.90 Å². The van der Waals surface area contributed by atoms with E-state index in [0.29, 0.717) is 48.9 Å². The van der Waals surface area contributed by atoms with Crippen LogP contribution >= 0.6 is 11.6 Å². The number of hydrogen-bond acceptors (Lipinski definition) is 7. The van der Waals surface area contributed by atoms with E-state index in [1.54, 1.807) is 42.3 Å². The number of pyridine rings is 1. The second-order valence-electron chi connectivity index (χ2n) is 15.3. The van der Waals surface area contributed by atoms with Gasteiger partial charge in [-0.1, -0.05) is 23.7 Å². The van der Waals surface area contributed by atoms with Crippen LogP contribution in [0.5, 0.6) is 0 Å². The molecular weight excluding hydrogens is 770 g/mol. The highest BCUT2D eigenvalue weighted by Crippen LogP contribution is 2.33. The van der Waals surface area contributed by atoms with Crippen molar-refractivity contribution in [1.29, 1.82) is 0 Å². The Hall–Kier alpha value is -6.00. The van der Waals surface area contributed by atoms with Gasteiger partial charge in [-0.25, -0.2) is 18.7 Å². The molecule has 0 radical (unpaired) electrons. The van der Waals surface area contributed by atoms with Crippen molar-refractivity contribution in [3.63, 3.8) is 0 Å². The molecule has 0 aliphatic carbocycles. The molecule has 0 atom stereocenters. The van der Waals surface area contributed by atoms with Gasteiger partial charge in [-0.05, 0) is 43.3 Å². The number of likely N-dealkylation sites (tertiary alicyclic amines) is 1. The lowest BCUT2D eigenvalue weighted by Gasteiger charge is -2.40. The Kier molecular flexibility index (Phi) is 11.4. The van der Waals surface area contributed by atoms with Crippen LogP contribution < -0.4 is 10.6 Å². The summed E-state index contributed by atoms with van der Waals surface area (Å²) in [6, 6.07) is 12.4. The van der Waals surface area contributed by atoms with Crippen LogP contribution in [0.2, 0.25) is 5.02 Å². The minimum absolute atomic E-state index is 0.0270. The van der Waals surface area contributed by atoms with Crippen LogP contribution in [0.25, 0.3) is 22.4 Å². The van der Waals surface area contributed by atoms with E-state index in [-0.39, 0.29) is 57.5 Å². The molecule has 302 valence electrons. The van der Waals surface area contributed by atoms with Gasteiger partial charge in [-0.2, -0.15) is 5.10 Å². The van der Waals surface area contributed by atoms with Gasteiger partial charge in [-0.15, -0.1) is 0 Å². The minimum atomic E-state index is -1.15. The predicted molar refractivity (Wildman–Crippen MR) is 214 cm³/mol. The number of aromatic nitrogens is 5. The standard InChI is InChI=1S/C41H43ClF2N10O4/c1-25-31(23-53(49-25)24-35(55)48-34-7-5-6-14-45-34)28-10-11-30(37(44)36(28)43)33-22-46-38(50(33)2)39(56)47-27-8-9-29(32(42)21-27)41(58)52-17-15-51(16-18-52)40(57)26-12-19-54(3,4)20-13-26/h5-11,14,21-23,26H,12-13,15-20,24H2,1-4H3,(H-,45,47,48,55,56,58)/p+1. The Balaban J connectivity index is 0.974. The van der Waals surface area contributed by atoms with Gasteiger partial charge in [0.1, 0.15) is 12.4 Å². The monoisotopic (exact) mass is 813 g/mol. The zero-order valence-electron chi connectivity index (χ0n) is 32.6. The molecule has 7 rings (SSSR count). The highest BCUT2D eigenvalue weighted by atomic mass is 35.5. The molecule has 2 aromatic carbocycles. The van der Waals surface area contributed by atoms with E-state index in [9.17, 15) is 19.2 Å². The van der Waals surface area contributed by atoms with Gasteiger partial charge in [0.15, 0.2) is 17.5 Å². The molecule has 5 aromatic rings. The summed E-state index contributed by atoms with van der Waals surface area (Å²) in [6.07, 6.45) is 6.02. The van der Waals surface area contributed by atoms with E-state index in [1.165, 1.54) is 53.0 Å². The zero-order valence-corrected chi connectivity index (χ0v) is 33.4. The Morgan fingerprint density at radius 1 is 0.879 bits per heavy atom. The lowest BCUT2D eigenvalue weighted by molar-refractivity contribution is -0.895. The van der Waals surface area contributed by atoms with Gasteiger partial charge in [0.05, 0.1) is 55.4 Å². The van der Waals surface area contributed by atoms with E-state index in [0.717, 1.165) is 30.4 Å². The molecule has 4 amide bonds. The number of carbonyl (C=O) groups excluding carboxylic acids is 4. The van der Waals surface area contributed by atoms with Crippen LogP contribution in [0.15, 0.2) is 67.1 Å². The van der Waals surface area contributed by atoms with E-state index >= 15 is 8.78 Å². The number of anilines is 2. The maximum absolute atomic E-state index is 15.7. The van der Waals surface area contributed by atoms with Crippen LogP contribution in [0.3, 0.4) is 0 Å². The minimum Gasteiger partial charge on any atom is -0.339 e. The summed E-state index contributed by atoms with van der Waals surface area (Å²) in [4.78, 5) is 64.2. The van der Waals surface area contributed by atoms with E-state index in [4.69, 9.17) is 11.6 Å². The third kappa shape index (κ3) is 8.48.